The molecule has 9 nitrogen and oxygen atoms in total. The molecule has 1 unspecified atom stereocenters. The zero-order chi connectivity index (χ0) is 31.7. The van der Waals surface area contributed by atoms with Gasteiger partial charge in [-0.25, -0.2) is 8.42 Å². The standard InChI is InChI=1S/C32H37Cl2N3O6S/c1-3-4-16-35-32(39)28(19-23-9-6-5-7-10-23)36(21-24-12-14-26(33)27(34)18-24)31(38)11-8-17-37(44(2,40)41)25-13-15-29-30(20-25)43-22-42-29/h5-7,9-10,12-15,18,20,28H,3-4,8,11,16-17,19,21-22H2,1-2H3,(H,35,39). The lowest BCUT2D eigenvalue weighted by molar-refractivity contribution is -0.141. The van der Waals surface area contributed by atoms with E-state index >= 15 is 0 Å². The van der Waals surface area contributed by atoms with E-state index in [4.69, 9.17) is 32.7 Å². The van der Waals surface area contributed by atoms with Gasteiger partial charge in [0, 0.05) is 38.5 Å². The molecular weight excluding hydrogens is 625 g/mol. The van der Waals surface area contributed by atoms with Crippen molar-refractivity contribution in [1.82, 2.24) is 10.2 Å². The Hall–Kier alpha value is -3.47. The van der Waals surface area contributed by atoms with Crippen molar-refractivity contribution in [2.75, 3.05) is 30.4 Å². The number of ether oxygens (including phenoxy) is 2. The number of fused-ring (bicyclic) bond motifs is 1. The summed E-state index contributed by atoms with van der Waals surface area (Å²) in [4.78, 5) is 29.1. The molecule has 1 aliphatic rings. The number of hydrogen-bond donors (Lipinski definition) is 1. The van der Waals surface area contributed by atoms with Gasteiger partial charge in [-0.2, -0.15) is 0 Å². The van der Waals surface area contributed by atoms with Gasteiger partial charge >= 0.3 is 0 Å². The molecule has 44 heavy (non-hydrogen) atoms. The van der Waals surface area contributed by atoms with Crippen LogP contribution >= 0.6 is 23.2 Å². The fourth-order valence-electron chi connectivity index (χ4n) is 4.94. The zero-order valence-corrected chi connectivity index (χ0v) is 27.1. The van der Waals surface area contributed by atoms with E-state index in [0.29, 0.717) is 45.8 Å². The van der Waals surface area contributed by atoms with E-state index in [-0.39, 0.29) is 44.5 Å². The molecule has 0 aliphatic carbocycles. The number of nitrogens with one attached hydrogen (secondary N) is 1. The molecule has 12 heteroatoms. The molecule has 0 fully saturated rings. The lowest BCUT2D eigenvalue weighted by Crippen LogP contribution is -2.50. The second-order valence-corrected chi connectivity index (χ2v) is 13.3. The second-order valence-electron chi connectivity index (χ2n) is 10.6. The molecule has 1 heterocycles. The lowest BCUT2D eigenvalue weighted by Gasteiger charge is -2.32. The quantitative estimate of drug-likeness (QED) is 0.206. The molecule has 2 amide bonds. The van der Waals surface area contributed by atoms with Crippen LogP contribution in [0.4, 0.5) is 5.69 Å². The highest BCUT2D eigenvalue weighted by Crippen LogP contribution is 2.36. The van der Waals surface area contributed by atoms with E-state index in [1.54, 1.807) is 41.3 Å². The van der Waals surface area contributed by atoms with Crippen LogP contribution in [-0.2, 0) is 32.6 Å². The highest BCUT2D eigenvalue weighted by molar-refractivity contribution is 7.92. The SMILES string of the molecule is CCCCNC(=O)C(Cc1ccccc1)N(Cc1ccc(Cl)c(Cl)c1)C(=O)CCCN(c1ccc2c(c1)OCO2)S(C)(=O)=O. The van der Waals surface area contributed by atoms with Crippen LogP contribution in [0.5, 0.6) is 11.5 Å². The molecule has 0 saturated carbocycles. The topological polar surface area (TPSA) is 105 Å². The predicted octanol–water partition coefficient (Wildman–Crippen LogP) is 5.82. The number of sulfonamides is 1. The monoisotopic (exact) mass is 661 g/mol. The number of nitrogens with zero attached hydrogens (tertiary/aromatic N) is 2. The maximum Gasteiger partial charge on any atom is 0.243 e. The van der Waals surface area contributed by atoms with Gasteiger partial charge in [0.2, 0.25) is 28.6 Å². The third-order valence-electron chi connectivity index (χ3n) is 7.23. The van der Waals surface area contributed by atoms with Gasteiger partial charge in [0.25, 0.3) is 0 Å². The summed E-state index contributed by atoms with van der Waals surface area (Å²) in [7, 11) is -3.67. The molecule has 0 radical (unpaired) electrons. The van der Waals surface area contributed by atoms with Gasteiger partial charge in [-0.1, -0.05) is 72.9 Å². The van der Waals surface area contributed by atoms with Crippen LogP contribution in [0.1, 0.15) is 43.7 Å². The number of unbranched alkanes of at least 4 members (excludes halogenated alkanes) is 1. The number of hydrogen-bond acceptors (Lipinski definition) is 6. The van der Waals surface area contributed by atoms with Crippen molar-refractivity contribution < 1.29 is 27.5 Å². The van der Waals surface area contributed by atoms with Crippen LogP contribution in [0.25, 0.3) is 0 Å². The maximum atomic E-state index is 14.0. The number of rotatable bonds is 15. The van der Waals surface area contributed by atoms with Crippen molar-refractivity contribution in [2.45, 2.75) is 51.6 Å². The van der Waals surface area contributed by atoms with Gasteiger partial charge < -0.3 is 19.7 Å². The first-order valence-electron chi connectivity index (χ1n) is 14.5. The van der Waals surface area contributed by atoms with Crippen LogP contribution in [-0.4, -0.2) is 57.3 Å². The van der Waals surface area contributed by atoms with E-state index in [2.05, 4.69) is 5.32 Å². The minimum absolute atomic E-state index is 0.00538. The Morgan fingerprint density at radius 3 is 2.39 bits per heavy atom. The van der Waals surface area contributed by atoms with Crippen molar-refractivity contribution in [1.29, 1.82) is 0 Å². The average molecular weight is 663 g/mol. The number of benzene rings is 3. The molecule has 0 aromatic heterocycles. The molecule has 0 spiro atoms. The van der Waals surface area contributed by atoms with Crippen molar-refractivity contribution in [2.24, 2.45) is 0 Å². The van der Waals surface area contributed by atoms with Gasteiger partial charge in [0.15, 0.2) is 11.5 Å². The fourth-order valence-corrected chi connectivity index (χ4v) is 6.22. The van der Waals surface area contributed by atoms with Gasteiger partial charge in [-0.05, 0) is 48.2 Å². The van der Waals surface area contributed by atoms with Gasteiger partial charge in [0.1, 0.15) is 6.04 Å². The third-order valence-corrected chi connectivity index (χ3v) is 9.17. The zero-order valence-electron chi connectivity index (χ0n) is 24.8. The number of carbonyl (C=O) groups excluding carboxylic acids is 2. The molecule has 3 aromatic rings. The van der Waals surface area contributed by atoms with Gasteiger partial charge in [-0.15, -0.1) is 0 Å². The summed E-state index contributed by atoms with van der Waals surface area (Å²) in [5.41, 5.74) is 2.03. The Morgan fingerprint density at radius 2 is 1.68 bits per heavy atom. The Balaban J connectivity index is 1.58. The van der Waals surface area contributed by atoms with Crippen LogP contribution < -0.4 is 19.1 Å². The first kappa shape index (κ1) is 33.4. The molecule has 1 N–H and O–H groups in total. The third kappa shape index (κ3) is 9.03. The largest absolute Gasteiger partial charge is 0.454 e. The molecular formula is C32H37Cl2N3O6S. The molecule has 4 rings (SSSR count). The van der Waals surface area contributed by atoms with E-state index in [1.807, 2.05) is 37.3 Å². The highest BCUT2D eigenvalue weighted by Gasteiger charge is 2.31. The number of carbonyl (C=O) groups is 2. The van der Waals surface area contributed by atoms with Gasteiger partial charge in [-0.3, -0.25) is 13.9 Å². The number of halogens is 2. The van der Waals surface area contributed by atoms with E-state index in [9.17, 15) is 18.0 Å². The lowest BCUT2D eigenvalue weighted by atomic mass is 10.0. The second kappa shape index (κ2) is 15.5. The van der Waals surface area contributed by atoms with Crippen LogP contribution in [0.2, 0.25) is 10.0 Å². The van der Waals surface area contributed by atoms with Crippen LogP contribution in [0.15, 0.2) is 66.7 Å². The van der Waals surface area contributed by atoms with Crippen molar-refractivity contribution in [3.63, 3.8) is 0 Å². The Morgan fingerprint density at radius 1 is 0.932 bits per heavy atom. The molecule has 0 bridgehead atoms. The summed E-state index contributed by atoms with van der Waals surface area (Å²) >= 11 is 12.4. The summed E-state index contributed by atoms with van der Waals surface area (Å²) in [5, 5.41) is 3.72. The first-order chi connectivity index (χ1) is 21.1. The van der Waals surface area contributed by atoms with E-state index in [0.717, 1.165) is 24.7 Å². The number of amides is 2. The summed E-state index contributed by atoms with van der Waals surface area (Å²) in [6.07, 6.45) is 3.37. The average Bonchev–Trinajstić information content (AvgIpc) is 3.47. The molecule has 0 saturated heterocycles. The summed E-state index contributed by atoms with van der Waals surface area (Å²) in [5.74, 6) is 0.450. The highest BCUT2D eigenvalue weighted by atomic mass is 35.5. The fraction of sp³-hybridized carbons (Fsp3) is 0.375. The maximum absolute atomic E-state index is 14.0. The number of anilines is 1. The van der Waals surface area contributed by atoms with Crippen molar-refractivity contribution in [3.05, 3.63) is 87.9 Å². The molecule has 1 aliphatic heterocycles. The Kier molecular flexibility index (Phi) is 11.8. The van der Waals surface area contributed by atoms with Crippen LogP contribution in [0.3, 0.4) is 0 Å². The van der Waals surface area contributed by atoms with Crippen molar-refractivity contribution in [3.8, 4) is 11.5 Å². The smallest absolute Gasteiger partial charge is 0.243 e. The minimum atomic E-state index is -3.67. The predicted molar refractivity (Wildman–Crippen MR) is 173 cm³/mol. The van der Waals surface area contributed by atoms with E-state index < -0.39 is 16.1 Å². The molecule has 236 valence electrons. The van der Waals surface area contributed by atoms with E-state index in [1.165, 1.54) is 4.31 Å². The Labute approximate surface area is 269 Å². The molecule has 3 aromatic carbocycles. The van der Waals surface area contributed by atoms with Gasteiger partial charge in [0.05, 0.1) is 22.0 Å². The van der Waals surface area contributed by atoms with Crippen LogP contribution in [0, 0.1) is 0 Å². The summed E-state index contributed by atoms with van der Waals surface area (Å²) in [6.45, 7) is 2.77. The molecule has 1 atom stereocenters. The minimum Gasteiger partial charge on any atom is -0.454 e. The summed E-state index contributed by atoms with van der Waals surface area (Å²) in [6, 6.07) is 18.7. The van der Waals surface area contributed by atoms with Crippen molar-refractivity contribution >= 4 is 50.7 Å². The summed E-state index contributed by atoms with van der Waals surface area (Å²) < 4.78 is 37.5. The first-order valence-corrected chi connectivity index (χ1v) is 17.1. The normalized spacial score (nSPS) is 12.9. The Bertz CT molecular complexity index is 1550.